The first-order chi connectivity index (χ1) is 13.5. The Morgan fingerprint density at radius 3 is 2.36 bits per heavy atom. The molecular weight excluding hydrogens is 398 g/mol. The lowest BCUT2D eigenvalue weighted by Crippen LogP contribution is -2.47. The highest BCUT2D eigenvalue weighted by Gasteiger charge is 2.48. The number of carbonyl (C=O) groups excluding carboxylic acids is 1. The highest BCUT2D eigenvalue weighted by atomic mass is 35.5. The molecule has 2 aromatic carbocycles. The first-order valence-electron chi connectivity index (χ1n) is 9.68. The highest BCUT2D eigenvalue weighted by Crippen LogP contribution is 2.45. The maximum Gasteiger partial charge on any atom is 0.226 e. The average Bonchev–Trinajstić information content (AvgIpc) is 3.03. The minimum atomic E-state index is -0.245. The summed E-state index contributed by atoms with van der Waals surface area (Å²) in [5.41, 5.74) is 1.77. The van der Waals surface area contributed by atoms with E-state index in [2.05, 4.69) is 5.32 Å². The van der Waals surface area contributed by atoms with Gasteiger partial charge < -0.3 is 10.2 Å². The van der Waals surface area contributed by atoms with Crippen LogP contribution in [0.25, 0.3) is 0 Å². The van der Waals surface area contributed by atoms with Gasteiger partial charge in [0.15, 0.2) is 0 Å². The molecule has 0 aliphatic carbocycles. The van der Waals surface area contributed by atoms with Crippen LogP contribution in [0.15, 0.2) is 42.5 Å². The number of halogens is 3. The molecule has 1 N–H and O–H groups in total. The van der Waals surface area contributed by atoms with E-state index in [0.717, 1.165) is 43.5 Å². The molecule has 2 fully saturated rings. The summed E-state index contributed by atoms with van der Waals surface area (Å²) in [4.78, 5) is 15.3. The van der Waals surface area contributed by atoms with Crippen molar-refractivity contribution in [3.8, 4) is 0 Å². The number of piperidine rings is 1. The van der Waals surface area contributed by atoms with E-state index in [4.69, 9.17) is 23.2 Å². The molecular formula is C22H23Cl2FN2O. The fraction of sp³-hybridized carbons (Fsp3) is 0.409. The summed E-state index contributed by atoms with van der Waals surface area (Å²) in [6.07, 6.45) is 2.57. The van der Waals surface area contributed by atoms with Crippen molar-refractivity contribution in [2.24, 2.45) is 5.92 Å². The maximum atomic E-state index is 13.5. The third kappa shape index (κ3) is 3.78. The van der Waals surface area contributed by atoms with E-state index < -0.39 is 0 Å². The van der Waals surface area contributed by atoms with Gasteiger partial charge in [-0.05, 0) is 73.8 Å². The molecule has 2 aliphatic heterocycles. The molecule has 6 heteroatoms. The second kappa shape index (κ2) is 8.02. The summed E-state index contributed by atoms with van der Waals surface area (Å²) >= 11 is 12.2. The lowest BCUT2D eigenvalue weighted by Gasteiger charge is -2.42. The number of rotatable bonds is 4. The Hall–Kier alpha value is -1.62. The van der Waals surface area contributed by atoms with Gasteiger partial charge in [0.05, 0.1) is 0 Å². The Kier molecular flexibility index (Phi) is 5.64. The molecule has 148 valence electrons. The van der Waals surface area contributed by atoms with Gasteiger partial charge in [0.1, 0.15) is 5.82 Å². The SMILES string of the molecule is O=C1C(C2(c3ccc(F)cc3)CCNCC2)CCN1Cc1cc(Cl)cc(Cl)c1. The Morgan fingerprint density at radius 2 is 1.71 bits per heavy atom. The molecule has 28 heavy (non-hydrogen) atoms. The number of amides is 1. The fourth-order valence-corrected chi connectivity index (χ4v) is 5.40. The minimum absolute atomic E-state index is 0.0882. The van der Waals surface area contributed by atoms with Gasteiger partial charge in [-0.15, -0.1) is 0 Å². The van der Waals surface area contributed by atoms with Crippen molar-refractivity contribution in [2.45, 2.75) is 31.2 Å². The van der Waals surface area contributed by atoms with E-state index in [1.54, 1.807) is 6.07 Å². The molecule has 4 rings (SSSR count). The third-order valence-corrected chi connectivity index (χ3v) is 6.61. The van der Waals surface area contributed by atoms with Crippen LogP contribution >= 0.6 is 23.2 Å². The molecule has 2 aromatic rings. The summed E-state index contributed by atoms with van der Waals surface area (Å²) in [7, 11) is 0. The van der Waals surface area contributed by atoms with Crippen LogP contribution < -0.4 is 5.32 Å². The van der Waals surface area contributed by atoms with Crippen LogP contribution in [-0.2, 0) is 16.8 Å². The number of hydrogen-bond donors (Lipinski definition) is 1. The number of likely N-dealkylation sites (tertiary alicyclic amines) is 1. The van der Waals surface area contributed by atoms with Crippen LogP contribution in [-0.4, -0.2) is 30.4 Å². The standard InChI is InChI=1S/C22H23Cl2FN2O/c23-17-11-15(12-18(24)13-17)14-27-10-5-20(21(27)28)22(6-8-26-9-7-22)16-1-3-19(25)4-2-16/h1-4,11-13,20,26H,5-10,14H2. The van der Waals surface area contributed by atoms with Crippen LogP contribution in [0, 0.1) is 11.7 Å². The zero-order valence-corrected chi connectivity index (χ0v) is 17.1. The first-order valence-corrected chi connectivity index (χ1v) is 10.4. The zero-order chi connectivity index (χ0) is 19.7. The topological polar surface area (TPSA) is 32.3 Å². The van der Waals surface area contributed by atoms with Gasteiger partial charge in [-0.3, -0.25) is 4.79 Å². The number of nitrogens with one attached hydrogen (secondary N) is 1. The highest BCUT2D eigenvalue weighted by molar-refractivity contribution is 6.34. The second-order valence-electron chi connectivity index (χ2n) is 7.79. The van der Waals surface area contributed by atoms with E-state index in [1.807, 2.05) is 29.2 Å². The zero-order valence-electron chi connectivity index (χ0n) is 15.6. The quantitative estimate of drug-likeness (QED) is 0.769. The number of nitrogens with zero attached hydrogens (tertiary/aromatic N) is 1. The van der Waals surface area contributed by atoms with E-state index in [-0.39, 0.29) is 23.1 Å². The maximum absolute atomic E-state index is 13.5. The molecule has 2 aliphatic rings. The molecule has 1 unspecified atom stereocenters. The molecule has 2 heterocycles. The van der Waals surface area contributed by atoms with Crippen molar-refractivity contribution < 1.29 is 9.18 Å². The number of hydrogen-bond acceptors (Lipinski definition) is 2. The Balaban J connectivity index is 1.60. The van der Waals surface area contributed by atoms with Gasteiger partial charge in [0.2, 0.25) is 5.91 Å². The predicted molar refractivity (Wildman–Crippen MR) is 110 cm³/mol. The van der Waals surface area contributed by atoms with Crippen LogP contribution in [0.5, 0.6) is 0 Å². The van der Waals surface area contributed by atoms with E-state index in [1.165, 1.54) is 12.1 Å². The number of benzene rings is 2. The lowest BCUT2D eigenvalue weighted by molar-refractivity contribution is -0.133. The third-order valence-electron chi connectivity index (χ3n) is 6.18. The smallest absolute Gasteiger partial charge is 0.226 e. The summed E-state index contributed by atoms with van der Waals surface area (Å²) in [5, 5.41) is 4.55. The van der Waals surface area contributed by atoms with Gasteiger partial charge in [0, 0.05) is 34.5 Å². The van der Waals surface area contributed by atoms with Crippen molar-refractivity contribution >= 4 is 29.1 Å². The molecule has 1 amide bonds. The average molecular weight is 421 g/mol. The summed E-state index contributed by atoms with van der Waals surface area (Å²) in [6, 6.07) is 12.1. The van der Waals surface area contributed by atoms with E-state index in [9.17, 15) is 9.18 Å². The van der Waals surface area contributed by atoms with Crippen LogP contribution in [0.1, 0.15) is 30.4 Å². The Morgan fingerprint density at radius 1 is 1.07 bits per heavy atom. The van der Waals surface area contributed by atoms with Gasteiger partial charge >= 0.3 is 0 Å². The van der Waals surface area contributed by atoms with Crippen molar-refractivity contribution in [3.63, 3.8) is 0 Å². The summed E-state index contributed by atoms with van der Waals surface area (Å²) < 4.78 is 13.5. The Labute approximate surface area is 174 Å². The van der Waals surface area contributed by atoms with E-state index in [0.29, 0.717) is 23.1 Å². The summed E-state index contributed by atoms with van der Waals surface area (Å²) in [6.45, 7) is 2.95. The fourth-order valence-electron chi connectivity index (χ4n) is 4.82. The molecule has 2 saturated heterocycles. The second-order valence-corrected chi connectivity index (χ2v) is 8.66. The Bertz CT molecular complexity index is 845. The van der Waals surface area contributed by atoms with Gasteiger partial charge in [-0.25, -0.2) is 4.39 Å². The molecule has 0 spiro atoms. The first kappa shape index (κ1) is 19.7. The van der Waals surface area contributed by atoms with Crippen molar-refractivity contribution in [2.75, 3.05) is 19.6 Å². The van der Waals surface area contributed by atoms with Crippen LogP contribution in [0.3, 0.4) is 0 Å². The largest absolute Gasteiger partial charge is 0.338 e. The normalized spacial score (nSPS) is 21.9. The van der Waals surface area contributed by atoms with Gasteiger partial charge in [-0.1, -0.05) is 35.3 Å². The minimum Gasteiger partial charge on any atom is -0.338 e. The molecule has 3 nitrogen and oxygen atoms in total. The summed E-state index contributed by atoms with van der Waals surface area (Å²) in [5.74, 6) is -0.165. The van der Waals surface area contributed by atoms with Crippen LogP contribution in [0.2, 0.25) is 10.0 Å². The molecule has 0 radical (unpaired) electrons. The molecule has 1 atom stereocenters. The molecule has 0 saturated carbocycles. The number of carbonyl (C=O) groups is 1. The van der Waals surface area contributed by atoms with Gasteiger partial charge in [-0.2, -0.15) is 0 Å². The van der Waals surface area contributed by atoms with Crippen molar-refractivity contribution in [3.05, 3.63) is 69.5 Å². The van der Waals surface area contributed by atoms with Crippen molar-refractivity contribution in [1.29, 1.82) is 0 Å². The van der Waals surface area contributed by atoms with Crippen LogP contribution in [0.4, 0.5) is 4.39 Å². The monoisotopic (exact) mass is 420 g/mol. The van der Waals surface area contributed by atoms with Gasteiger partial charge in [0.25, 0.3) is 0 Å². The molecule has 0 bridgehead atoms. The predicted octanol–water partition coefficient (Wildman–Crippen LogP) is 4.80. The lowest BCUT2D eigenvalue weighted by atomic mass is 9.64. The molecule has 0 aromatic heterocycles. The van der Waals surface area contributed by atoms with E-state index >= 15 is 0 Å². The van der Waals surface area contributed by atoms with Crippen molar-refractivity contribution in [1.82, 2.24) is 10.2 Å².